The van der Waals surface area contributed by atoms with Crippen LogP contribution in [0.5, 0.6) is 0 Å². The molecule has 0 saturated carbocycles. The van der Waals surface area contributed by atoms with Crippen molar-refractivity contribution in [1.29, 1.82) is 0 Å². The van der Waals surface area contributed by atoms with Crippen LogP contribution in [0.2, 0.25) is 0 Å². The van der Waals surface area contributed by atoms with Crippen molar-refractivity contribution >= 4 is 0 Å². The molecular weight excluding hydrogens is 162 g/mol. The smallest absolute Gasteiger partial charge is 0.0719 e. The van der Waals surface area contributed by atoms with Crippen molar-refractivity contribution < 1.29 is 4.84 Å². The first-order chi connectivity index (χ1) is 6.24. The number of nitrogens with two attached hydrogens (primary N) is 1. The fourth-order valence-corrected chi connectivity index (χ4v) is 1.28. The summed E-state index contributed by atoms with van der Waals surface area (Å²) in [4.78, 5) is 4.55. The summed E-state index contributed by atoms with van der Waals surface area (Å²) in [6.45, 7) is 4.97. The molecule has 1 aromatic rings. The van der Waals surface area contributed by atoms with E-state index in [1.165, 1.54) is 11.1 Å². The van der Waals surface area contributed by atoms with Gasteiger partial charge in [-0.1, -0.05) is 38.1 Å². The third-order valence-corrected chi connectivity index (χ3v) is 2.13. The highest BCUT2D eigenvalue weighted by Crippen LogP contribution is 2.15. The van der Waals surface area contributed by atoms with Crippen molar-refractivity contribution in [2.45, 2.75) is 26.2 Å². The Morgan fingerprint density at radius 2 is 2.15 bits per heavy atom. The Morgan fingerprint density at radius 3 is 2.77 bits per heavy atom. The van der Waals surface area contributed by atoms with Crippen molar-refractivity contribution in [3.8, 4) is 0 Å². The lowest BCUT2D eigenvalue weighted by molar-refractivity contribution is 0.141. The van der Waals surface area contributed by atoms with E-state index in [1.807, 2.05) is 0 Å². The zero-order valence-corrected chi connectivity index (χ0v) is 8.29. The van der Waals surface area contributed by atoms with Gasteiger partial charge in [0.05, 0.1) is 6.61 Å². The van der Waals surface area contributed by atoms with Crippen LogP contribution in [0.25, 0.3) is 0 Å². The van der Waals surface area contributed by atoms with Crippen LogP contribution in [0.1, 0.15) is 30.9 Å². The van der Waals surface area contributed by atoms with Crippen molar-refractivity contribution in [2.75, 3.05) is 6.61 Å². The fourth-order valence-electron chi connectivity index (χ4n) is 1.28. The summed E-state index contributed by atoms with van der Waals surface area (Å²) in [5, 5.41) is 0. The minimum Gasteiger partial charge on any atom is -0.304 e. The van der Waals surface area contributed by atoms with Crippen LogP contribution in [-0.2, 0) is 11.3 Å². The van der Waals surface area contributed by atoms with E-state index in [0.717, 1.165) is 6.42 Å². The van der Waals surface area contributed by atoms with E-state index in [1.54, 1.807) is 0 Å². The molecule has 0 atom stereocenters. The van der Waals surface area contributed by atoms with Gasteiger partial charge in [-0.2, -0.15) is 0 Å². The van der Waals surface area contributed by atoms with Gasteiger partial charge in [0.15, 0.2) is 0 Å². The van der Waals surface area contributed by atoms with Gasteiger partial charge in [-0.25, -0.2) is 5.90 Å². The molecule has 0 bridgehead atoms. The Bertz CT molecular complexity index is 258. The van der Waals surface area contributed by atoms with Gasteiger partial charge >= 0.3 is 0 Å². The lowest BCUT2D eigenvalue weighted by Gasteiger charge is -2.07. The number of rotatable bonds is 4. The van der Waals surface area contributed by atoms with E-state index in [9.17, 15) is 0 Å². The molecule has 0 saturated heterocycles. The van der Waals surface area contributed by atoms with Crippen LogP contribution in [0.4, 0.5) is 0 Å². The Morgan fingerprint density at radius 1 is 1.38 bits per heavy atom. The van der Waals surface area contributed by atoms with Crippen LogP contribution < -0.4 is 5.90 Å². The third-order valence-electron chi connectivity index (χ3n) is 2.13. The van der Waals surface area contributed by atoms with Crippen LogP contribution in [0, 0.1) is 0 Å². The molecule has 72 valence electrons. The van der Waals surface area contributed by atoms with Gasteiger partial charge in [0.1, 0.15) is 0 Å². The van der Waals surface area contributed by atoms with Crippen molar-refractivity contribution in [3.63, 3.8) is 0 Å². The van der Waals surface area contributed by atoms with Crippen molar-refractivity contribution in [2.24, 2.45) is 5.90 Å². The van der Waals surface area contributed by atoms with Gasteiger partial charge in [-0.15, -0.1) is 0 Å². The Labute approximate surface area is 79.7 Å². The molecule has 13 heavy (non-hydrogen) atoms. The second-order valence-corrected chi connectivity index (χ2v) is 3.52. The first-order valence-electron chi connectivity index (χ1n) is 4.64. The SMILES string of the molecule is CC(C)c1cccc(CCON)c1. The van der Waals surface area contributed by atoms with E-state index in [4.69, 9.17) is 5.90 Å². The number of hydrogen-bond acceptors (Lipinski definition) is 2. The lowest BCUT2D eigenvalue weighted by atomic mass is 10.00. The average molecular weight is 179 g/mol. The monoisotopic (exact) mass is 179 g/mol. The number of hydrogen-bond donors (Lipinski definition) is 1. The van der Waals surface area contributed by atoms with E-state index < -0.39 is 0 Å². The molecule has 0 aliphatic heterocycles. The van der Waals surface area contributed by atoms with Crippen LogP contribution in [-0.4, -0.2) is 6.61 Å². The summed E-state index contributed by atoms with van der Waals surface area (Å²) in [6, 6.07) is 8.55. The fraction of sp³-hybridized carbons (Fsp3) is 0.455. The topological polar surface area (TPSA) is 35.2 Å². The van der Waals surface area contributed by atoms with E-state index in [0.29, 0.717) is 12.5 Å². The highest BCUT2D eigenvalue weighted by atomic mass is 16.6. The van der Waals surface area contributed by atoms with Crippen molar-refractivity contribution in [3.05, 3.63) is 35.4 Å². The average Bonchev–Trinajstić information content (AvgIpc) is 2.15. The molecule has 0 radical (unpaired) electrons. The minimum absolute atomic E-state index is 0.582. The van der Waals surface area contributed by atoms with Gasteiger partial charge in [-0.05, 0) is 23.5 Å². The largest absolute Gasteiger partial charge is 0.304 e. The quantitative estimate of drug-likeness (QED) is 0.719. The van der Waals surface area contributed by atoms with Gasteiger partial charge in [-0.3, -0.25) is 0 Å². The summed E-state index contributed by atoms with van der Waals surface area (Å²) in [5.74, 6) is 5.56. The highest BCUT2D eigenvalue weighted by molar-refractivity contribution is 5.25. The van der Waals surface area contributed by atoms with Crippen molar-refractivity contribution in [1.82, 2.24) is 0 Å². The summed E-state index contributed by atoms with van der Waals surface area (Å²) in [7, 11) is 0. The summed E-state index contributed by atoms with van der Waals surface area (Å²) in [5.41, 5.74) is 2.66. The molecule has 0 unspecified atom stereocenters. The van der Waals surface area contributed by atoms with Crippen LogP contribution >= 0.6 is 0 Å². The first-order valence-corrected chi connectivity index (χ1v) is 4.64. The molecular formula is C11H17NO. The molecule has 0 aliphatic rings. The van der Waals surface area contributed by atoms with Gasteiger partial charge in [0, 0.05) is 0 Å². The molecule has 1 aromatic carbocycles. The molecule has 2 nitrogen and oxygen atoms in total. The van der Waals surface area contributed by atoms with E-state index in [2.05, 4.69) is 43.0 Å². The first kappa shape index (κ1) is 10.2. The lowest BCUT2D eigenvalue weighted by Crippen LogP contribution is -2.03. The van der Waals surface area contributed by atoms with E-state index >= 15 is 0 Å². The Kier molecular flexibility index (Phi) is 3.93. The minimum atomic E-state index is 0.582. The maximum absolute atomic E-state index is 4.97. The second kappa shape index (κ2) is 5.00. The standard InChI is InChI=1S/C11H17NO/c1-9(2)11-5-3-4-10(8-11)6-7-13-12/h3-5,8-9H,6-7,12H2,1-2H3. The van der Waals surface area contributed by atoms with Crippen LogP contribution in [0.15, 0.2) is 24.3 Å². The third kappa shape index (κ3) is 3.17. The number of benzene rings is 1. The highest BCUT2D eigenvalue weighted by Gasteiger charge is 1.99. The summed E-state index contributed by atoms with van der Waals surface area (Å²) >= 11 is 0. The molecule has 1 rings (SSSR count). The van der Waals surface area contributed by atoms with Gasteiger partial charge in [0.2, 0.25) is 0 Å². The van der Waals surface area contributed by atoms with Gasteiger partial charge in [0.25, 0.3) is 0 Å². The molecule has 0 amide bonds. The molecule has 0 spiro atoms. The Hall–Kier alpha value is -0.860. The predicted octanol–water partition coefficient (Wildman–Crippen LogP) is 2.24. The molecule has 0 fully saturated rings. The maximum Gasteiger partial charge on any atom is 0.0719 e. The molecule has 2 heteroatoms. The van der Waals surface area contributed by atoms with E-state index in [-0.39, 0.29) is 0 Å². The zero-order valence-electron chi connectivity index (χ0n) is 8.29. The summed E-state index contributed by atoms with van der Waals surface area (Å²) < 4.78 is 0. The maximum atomic E-state index is 4.97. The molecule has 0 heterocycles. The van der Waals surface area contributed by atoms with Gasteiger partial charge < -0.3 is 4.84 Å². The summed E-state index contributed by atoms with van der Waals surface area (Å²) in [6.07, 6.45) is 0.886. The molecule has 0 aromatic heterocycles. The molecule has 0 aliphatic carbocycles. The predicted molar refractivity (Wildman–Crippen MR) is 54.4 cm³/mol. The Balaban J connectivity index is 2.68. The van der Waals surface area contributed by atoms with Crippen LogP contribution in [0.3, 0.4) is 0 Å². The normalized spacial score (nSPS) is 10.8. The second-order valence-electron chi connectivity index (χ2n) is 3.52. The molecule has 2 N–H and O–H groups in total. The zero-order chi connectivity index (χ0) is 9.68.